The van der Waals surface area contributed by atoms with Gasteiger partial charge in [-0.15, -0.1) is 0 Å². The minimum atomic E-state index is -3.69. The van der Waals surface area contributed by atoms with Crippen LogP contribution in [0.15, 0.2) is 53.4 Å². The van der Waals surface area contributed by atoms with E-state index in [4.69, 9.17) is 10.0 Å². The van der Waals surface area contributed by atoms with Gasteiger partial charge in [0, 0.05) is 0 Å². The summed E-state index contributed by atoms with van der Waals surface area (Å²) in [6, 6.07) is 12.4. The van der Waals surface area contributed by atoms with Crippen molar-refractivity contribution in [3.63, 3.8) is 0 Å². The molecule has 0 unspecified atom stereocenters. The van der Waals surface area contributed by atoms with E-state index < -0.39 is 17.1 Å². The Morgan fingerprint density at radius 1 is 1.00 bits per heavy atom. The largest absolute Gasteiger partial charge is 0.488 e. The van der Waals surface area contributed by atoms with Gasteiger partial charge in [0.25, 0.3) is 10.0 Å². The van der Waals surface area contributed by atoms with Crippen molar-refractivity contribution in [3.05, 3.63) is 54.1 Å². The van der Waals surface area contributed by atoms with Gasteiger partial charge in [-0.2, -0.15) is 0 Å². The molecule has 7 heteroatoms. The quantitative estimate of drug-likeness (QED) is 0.715. The molecular weight excluding hydrogens is 277 g/mol. The molecule has 2 rings (SSSR count). The van der Waals surface area contributed by atoms with Crippen molar-refractivity contribution in [1.29, 1.82) is 0 Å². The van der Waals surface area contributed by atoms with Gasteiger partial charge in [0.1, 0.15) is 0 Å². The van der Waals surface area contributed by atoms with Crippen molar-refractivity contribution in [2.75, 3.05) is 4.72 Å². The third kappa shape index (κ3) is 3.19. The number of sulfonamides is 1. The number of rotatable bonds is 4. The lowest BCUT2D eigenvalue weighted by atomic mass is 9.81. The summed E-state index contributed by atoms with van der Waals surface area (Å²) in [5.41, 5.74) is 1.57. The second kappa shape index (κ2) is 5.66. The molecule has 0 amide bonds. The summed E-state index contributed by atoms with van der Waals surface area (Å²) in [5.74, 6) is 0. The smallest absolute Gasteiger partial charge is 0.423 e. The monoisotopic (exact) mass is 291 g/mol. The van der Waals surface area contributed by atoms with Crippen LogP contribution in [0.2, 0.25) is 0 Å². The van der Waals surface area contributed by atoms with Gasteiger partial charge in [0.2, 0.25) is 0 Å². The van der Waals surface area contributed by atoms with E-state index in [-0.39, 0.29) is 10.4 Å². The fourth-order valence-corrected chi connectivity index (χ4v) is 2.84. The lowest BCUT2D eigenvalue weighted by molar-refractivity contribution is 0.425. The van der Waals surface area contributed by atoms with E-state index >= 15 is 0 Å². The number of nitrogens with one attached hydrogen (secondary N) is 1. The van der Waals surface area contributed by atoms with E-state index in [0.29, 0.717) is 5.69 Å². The Bertz CT molecular complexity index is 699. The number of hydrogen-bond donors (Lipinski definition) is 3. The molecule has 0 aliphatic heterocycles. The van der Waals surface area contributed by atoms with Crippen LogP contribution in [-0.2, 0) is 10.0 Å². The second-order valence-corrected chi connectivity index (χ2v) is 6.05. The maximum Gasteiger partial charge on any atom is 0.488 e. The average Bonchev–Trinajstić information content (AvgIpc) is 2.41. The molecule has 0 fully saturated rings. The maximum atomic E-state index is 12.2. The van der Waals surface area contributed by atoms with Crippen molar-refractivity contribution in [2.24, 2.45) is 0 Å². The first-order valence-electron chi connectivity index (χ1n) is 5.95. The number of hydrogen-bond acceptors (Lipinski definition) is 4. The summed E-state index contributed by atoms with van der Waals surface area (Å²) in [7, 11) is -5.31. The Hall–Kier alpha value is -1.83. The number of aryl methyl sites for hydroxylation is 1. The normalized spacial score (nSPS) is 11.2. The molecule has 2 aromatic carbocycles. The molecule has 0 saturated heterocycles. The molecule has 104 valence electrons. The Labute approximate surface area is 118 Å². The molecule has 0 heterocycles. The molecule has 0 aliphatic carbocycles. The van der Waals surface area contributed by atoms with Crippen LogP contribution in [0, 0.1) is 6.92 Å². The van der Waals surface area contributed by atoms with E-state index in [1.54, 1.807) is 12.1 Å². The van der Waals surface area contributed by atoms with Crippen LogP contribution >= 0.6 is 0 Å². The fourth-order valence-electron chi connectivity index (χ4n) is 1.71. The minimum absolute atomic E-state index is 0.0603. The van der Waals surface area contributed by atoms with E-state index in [0.717, 1.165) is 5.56 Å². The summed E-state index contributed by atoms with van der Waals surface area (Å²) in [4.78, 5) is 0.0603. The molecular formula is C13H14BNO4S. The molecule has 0 spiro atoms. The lowest BCUT2D eigenvalue weighted by Crippen LogP contribution is -2.29. The number of para-hydroxylation sites is 1. The predicted octanol–water partition coefficient (Wildman–Crippen LogP) is 0.476. The van der Waals surface area contributed by atoms with Gasteiger partial charge >= 0.3 is 7.12 Å². The van der Waals surface area contributed by atoms with Crippen LogP contribution in [0.25, 0.3) is 0 Å². The first kappa shape index (κ1) is 14.6. The van der Waals surface area contributed by atoms with Gasteiger partial charge in [-0.3, -0.25) is 4.72 Å². The van der Waals surface area contributed by atoms with E-state index in [9.17, 15) is 8.42 Å². The molecule has 0 bridgehead atoms. The summed E-state index contributed by atoms with van der Waals surface area (Å²) in [6.45, 7) is 1.81. The Balaban J connectivity index is 2.29. The molecule has 0 atom stereocenters. The van der Waals surface area contributed by atoms with Gasteiger partial charge in [-0.05, 0) is 36.1 Å². The van der Waals surface area contributed by atoms with Crippen LogP contribution in [-0.4, -0.2) is 25.6 Å². The van der Waals surface area contributed by atoms with Crippen LogP contribution < -0.4 is 10.2 Å². The molecule has 0 aliphatic rings. The van der Waals surface area contributed by atoms with Gasteiger partial charge in [-0.25, -0.2) is 8.42 Å². The fraction of sp³-hybridized carbons (Fsp3) is 0.0769. The summed E-state index contributed by atoms with van der Waals surface area (Å²) in [5, 5.41) is 18.0. The van der Waals surface area contributed by atoms with Crippen LogP contribution in [0.1, 0.15) is 5.56 Å². The maximum absolute atomic E-state index is 12.2. The molecule has 2 aromatic rings. The van der Waals surface area contributed by atoms with Crippen molar-refractivity contribution >= 4 is 28.3 Å². The van der Waals surface area contributed by atoms with Gasteiger partial charge < -0.3 is 10.0 Å². The zero-order valence-electron chi connectivity index (χ0n) is 10.8. The molecule has 5 nitrogen and oxygen atoms in total. The summed E-state index contributed by atoms with van der Waals surface area (Å²) in [6.07, 6.45) is 0. The van der Waals surface area contributed by atoms with Crippen molar-refractivity contribution in [2.45, 2.75) is 11.8 Å². The van der Waals surface area contributed by atoms with Gasteiger partial charge in [-0.1, -0.05) is 30.3 Å². The highest BCUT2D eigenvalue weighted by Gasteiger charge is 2.17. The predicted molar refractivity (Wildman–Crippen MR) is 78.3 cm³/mol. The third-order valence-corrected chi connectivity index (χ3v) is 4.26. The summed E-state index contributed by atoms with van der Waals surface area (Å²) < 4.78 is 26.9. The molecule has 0 aromatic heterocycles. The topological polar surface area (TPSA) is 86.6 Å². The second-order valence-electron chi connectivity index (χ2n) is 4.36. The Kier molecular flexibility index (Phi) is 4.13. The van der Waals surface area contributed by atoms with Gasteiger partial charge in [0.15, 0.2) is 0 Å². The average molecular weight is 291 g/mol. The lowest BCUT2D eigenvalue weighted by Gasteiger charge is -2.10. The van der Waals surface area contributed by atoms with Crippen LogP contribution in [0.3, 0.4) is 0 Å². The highest BCUT2D eigenvalue weighted by Crippen LogP contribution is 2.18. The first-order valence-corrected chi connectivity index (χ1v) is 7.43. The van der Waals surface area contributed by atoms with E-state index in [1.807, 2.05) is 19.1 Å². The van der Waals surface area contributed by atoms with Crippen LogP contribution in [0.5, 0.6) is 0 Å². The van der Waals surface area contributed by atoms with Crippen molar-refractivity contribution < 1.29 is 18.5 Å². The molecule has 3 N–H and O–H groups in total. The zero-order chi connectivity index (χ0) is 14.8. The third-order valence-electron chi connectivity index (χ3n) is 2.88. The van der Waals surface area contributed by atoms with Crippen molar-refractivity contribution in [1.82, 2.24) is 0 Å². The Morgan fingerprint density at radius 2 is 1.60 bits per heavy atom. The highest BCUT2D eigenvalue weighted by molar-refractivity contribution is 7.92. The first-order chi connectivity index (χ1) is 9.40. The number of anilines is 1. The standard InChI is InChI=1S/C13H14BNO4S/c1-10-4-2-3-5-13(10)15-20(18,19)12-8-6-11(7-9-12)14(16)17/h2-9,15-17H,1H3. The SMILES string of the molecule is Cc1ccccc1NS(=O)(=O)c1ccc(B(O)O)cc1. The van der Waals surface area contributed by atoms with Crippen LogP contribution in [0.4, 0.5) is 5.69 Å². The zero-order valence-corrected chi connectivity index (χ0v) is 11.6. The molecule has 0 saturated carbocycles. The van der Waals surface area contributed by atoms with E-state index in [2.05, 4.69) is 4.72 Å². The number of benzene rings is 2. The van der Waals surface area contributed by atoms with Crippen molar-refractivity contribution in [3.8, 4) is 0 Å². The van der Waals surface area contributed by atoms with Gasteiger partial charge in [0.05, 0.1) is 10.6 Å². The molecule has 20 heavy (non-hydrogen) atoms. The van der Waals surface area contributed by atoms with E-state index in [1.165, 1.54) is 24.3 Å². The molecule has 0 radical (unpaired) electrons. The minimum Gasteiger partial charge on any atom is -0.423 e. The summed E-state index contributed by atoms with van der Waals surface area (Å²) >= 11 is 0. The Morgan fingerprint density at radius 3 is 2.15 bits per heavy atom. The highest BCUT2D eigenvalue weighted by atomic mass is 32.2.